The number of nitro groups is 1. The van der Waals surface area contributed by atoms with E-state index < -0.39 is 4.92 Å². The molecule has 2 fully saturated rings. The number of carbonyl (C=O) groups is 1. The molecule has 0 radical (unpaired) electrons. The highest BCUT2D eigenvalue weighted by Gasteiger charge is 2.40. The number of nitrogens with zero attached hydrogens (tertiary/aromatic N) is 3. The van der Waals surface area contributed by atoms with Crippen LogP contribution in [-0.2, 0) is 4.74 Å². The van der Waals surface area contributed by atoms with Crippen molar-refractivity contribution in [1.29, 1.82) is 0 Å². The third-order valence-electron chi connectivity index (χ3n) is 4.29. The lowest BCUT2D eigenvalue weighted by molar-refractivity contribution is -0.385. The van der Waals surface area contributed by atoms with E-state index in [4.69, 9.17) is 4.74 Å². The Morgan fingerprint density at radius 1 is 1.48 bits per heavy atom. The number of amides is 1. The van der Waals surface area contributed by atoms with Gasteiger partial charge in [0.25, 0.3) is 5.91 Å². The van der Waals surface area contributed by atoms with Gasteiger partial charge in [-0.15, -0.1) is 0 Å². The lowest BCUT2D eigenvalue weighted by Crippen LogP contribution is -2.55. The minimum absolute atomic E-state index is 0.0108. The second kappa shape index (κ2) is 5.44. The SMILES string of the molecule is Cc1[nH]nc(C(=O)N2CCO[C@@H]3CCCC[C@H]32)c1[N+](=O)[O-]. The molecule has 1 aliphatic carbocycles. The van der Waals surface area contributed by atoms with Gasteiger partial charge in [-0.2, -0.15) is 5.10 Å². The Kier molecular flexibility index (Phi) is 3.62. The first-order valence-corrected chi connectivity index (χ1v) is 7.21. The van der Waals surface area contributed by atoms with Crippen LogP contribution >= 0.6 is 0 Å². The van der Waals surface area contributed by atoms with Gasteiger partial charge in [0.15, 0.2) is 0 Å². The molecule has 0 unspecified atom stereocenters. The Morgan fingerprint density at radius 3 is 3.00 bits per heavy atom. The van der Waals surface area contributed by atoms with Crippen molar-refractivity contribution in [2.75, 3.05) is 13.2 Å². The summed E-state index contributed by atoms with van der Waals surface area (Å²) in [4.78, 5) is 25.0. The maximum Gasteiger partial charge on any atom is 0.322 e. The molecule has 1 saturated carbocycles. The monoisotopic (exact) mass is 294 g/mol. The summed E-state index contributed by atoms with van der Waals surface area (Å²) in [5.41, 5.74) is -0.0145. The van der Waals surface area contributed by atoms with Crippen molar-refractivity contribution in [3.8, 4) is 0 Å². The van der Waals surface area contributed by atoms with E-state index in [1.807, 2.05) is 0 Å². The zero-order valence-corrected chi connectivity index (χ0v) is 11.9. The van der Waals surface area contributed by atoms with Gasteiger partial charge in [0, 0.05) is 6.54 Å². The molecule has 1 aromatic heterocycles. The molecular formula is C13H18N4O4. The van der Waals surface area contributed by atoms with Crippen LogP contribution < -0.4 is 0 Å². The topological polar surface area (TPSA) is 101 Å². The molecule has 2 heterocycles. The van der Waals surface area contributed by atoms with E-state index in [9.17, 15) is 14.9 Å². The first-order chi connectivity index (χ1) is 10.1. The van der Waals surface area contributed by atoms with Crippen LogP contribution in [0.1, 0.15) is 41.9 Å². The van der Waals surface area contributed by atoms with Crippen molar-refractivity contribution in [3.63, 3.8) is 0 Å². The number of ether oxygens (including phenoxy) is 1. The van der Waals surface area contributed by atoms with Gasteiger partial charge in [-0.3, -0.25) is 20.0 Å². The molecule has 1 aromatic rings. The van der Waals surface area contributed by atoms with Crippen LogP contribution in [0.3, 0.4) is 0 Å². The first kappa shape index (κ1) is 14.0. The fraction of sp³-hybridized carbons (Fsp3) is 0.692. The molecule has 8 nitrogen and oxygen atoms in total. The Hall–Kier alpha value is -1.96. The number of aromatic amines is 1. The maximum atomic E-state index is 12.7. The van der Waals surface area contributed by atoms with Crippen LogP contribution in [0.15, 0.2) is 0 Å². The molecule has 0 bridgehead atoms. The summed E-state index contributed by atoms with van der Waals surface area (Å²) in [6.07, 6.45) is 4.03. The number of carbonyl (C=O) groups excluding carboxylic acids is 1. The molecule has 1 amide bonds. The maximum absolute atomic E-state index is 12.7. The Morgan fingerprint density at radius 2 is 2.24 bits per heavy atom. The second-order valence-corrected chi connectivity index (χ2v) is 5.56. The van der Waals surface area contributed by atoms with E-state index in [2.05, 4.69) is 10.2 Å². The summed E-state index contributed by atoms with van der Waals surface area (Å²) in [5.74, 6) is -0.369. The van der Waals surface area contributed by atoms with Gasteiger partial charge in [-0.1, -0.05) is 12.8 Å². The molecule has 0 aromatic carbocycles. The predicted molar refractivity (Wildman–Crippen MR) is 73.0 cm³/mol. The van der Waals surface area contributed by atoms with Gasteiger partial charge in [0.2, 0.25) is 5.69 Å². The van der Waals surface area contributed by atoms with Gasteiger partial charge in [-0.25, -0.2) is 0 Å². The van der Waals surface area contributed by atoms with E-state index in [0.29, 0.717) is 18.8 Å². The molecule has 0 spiro atoms. The Bertz CT molecular complexity index is 569. The summed E-state index contributed by atoms with van der Waals surface area (Å²) < 4.78 is 5.73. The van der Waals surface area contributed by atoms with Crippen LogP contribution in [0.4, 0.5) is 5.69 Å². The van der Waals surface area contributed by atoms with E-state index in [0.717, 1.165) is 25.7 Å². The molecule has 2 aliphatic rings. The lowest BCUT2D eigenvalue weighted by Gasteiger charge is -2.43. The Balaban J connectivity index is 1.89. The molecule has 1 saturated heterocycles. The summed E-state index contributed by atoms with van der Waals surface area (Å²) in [7, 11) is 0. The number of aryl methyl sites for hydroxylation is 1. The van der Waals surface area contributed by atoms with Gasteiger partial charge < -0.3 is 9.64 Å². The van der Waals surface area contributed by atoms with Gasteiger partial charge in [0.1, 0.15) is 5.69 Å². The predicted octanol–water partition coefficient (Wildman–Crippen LogP) is 1.41. The highest BCUT2D eigenvalue weighted by molar-refractivity contribution is 5.96. The van der Waals surface area contributed by atoms with Crippen LogP contribution in [0.2, 0.25) is 0 Å². The average Bonchev–Trinajstić information content (AvgIpc) is 2.88. The fourth-order valence-corrected chi connectivity index (χ4v) is 3.28. The van der Waals surface area contributed by atoms with Crippen molar-refractivity contribution in [1.82, 2.24) is 15.1 Å². The van der Waals surface area contributed by atoms with Crippen LogP contribution in [0.5, 0.6) is 0 Å². The summed E-state index contributed by atoms with van der Waals surface area (Å²) in [6, 6.07) is 0.0108. The minimum atomic E-state index is -0.551. The molecular weight excluding hydrogens is 276 g/mol. The third-order valence-corrected chi connectivity index (χ3v) is 4.29. The van der Waals surface area contributed by atoms with Crippen molar-refractivity contribution in [2.45, 2.75) is 44.8 Å². The lowest BCUT2D eigenvalue weighted by atomic mass is 9.90. The molecule has 2 atom stereocenters. The van der Waals surface area contributed by atoms with E-state index in [-0.39, 0.29) is 29.4 Å². The molecule has 1 N–H and O–H groups in total. The summed E-state index contributed by atoms with van der Waals surface area (Å²) >= 11 is 0. The van der Waals surface area contributed by atoms with Crippen LogP contribution in [0, 0.1) is 17.0 Å². The second-order valence-electron chi connectivity index (χ2n) is 5.56. The van der Waals surface area contributed by atoms with E-state index in [1.165, 1.54) is 0 Å². The zero-order chi connectivity index (χ0) is 15.0. The number of H-pyrrole nitrogens is 1. The number of fused-ring (bicyclic) bond motifs is 1. The van der Waals surface area contributed by atoms with E-state index >= 15 is 0 Å². The number of rotatable bonds is 2. The van der Waals surface area contributed by atoms with Crippen molar-refractivity contribution < 1.29 is 14.5 Å². The van der Waals surface area contributed by atoms with Gasteiger partial charge >= 0.3 is 5.69 Å². The third kappa shape index (κ3) is 2.39. The summed E-state index contributed by atoms with van der Waals surface area (Å²) in [6.45, 7) is 2.48. The van der Waals surface area contributed by atoms with E-state index in [1.54, 1.807) is 11.8 Å². The van der Waals surface area contributed by atoms with Crippen LogP contribution in [-0.4, -0.2) is 51.2 Å². The number of nitrogens with one attached hydrogen (secondary N) is 1. The molecule has 8 heteroatoms. The highest BCUT2D eigenvalue weighted by Crippen LogP contribution is 2.31. The number of aromatic nitrogens is 2. The fourth-order valence-electron chi connectivity index (χ4n) is 3.28. The van der Waals surface area contributed by atoms with Crippen LogP contribution in [0.25, 0.3) is 0 Å². The van der Waals surface area contributed by atoms with Crippen molar-refractivity contribution >= 4 is 11.6 Å². The number of hydrogen-bond acceptors (Lipinski definition) is 5. The number of morpholine rings is 1. The molecule has 3 rings (SSSR count). The highest BCUT2D eigenvalue weighted by atomic mass is 16.6. The normalized spacial score (nSPS) is 25.5. The van der Waals surface area contributed by atoms with Crippen molar-refractivity contribution in [2.24, 2.45) is 0 Å². The van der Waals surface area contributed by atoms with Gasteiger partial charge in [0.05, 0.1) is 23.7 Å². The zero-order valence-electron chi connectivity index (χ0n) is 11.9. The quantitative estimate of drug-likeness (QED) is 0.656. The van der Waals surface area contributed by atoms with Crippen molar-refractivity contribution in [3.05, 3.63) is 21.5 Å². The Labute approximate surface area is 121 Å². The smallest absolute Gasteiger partial charge is 0.322 e. The largest absolute Gasteiger partial charge is 0.374 e. The average molecular weight is 294 g/mol. The molecule has 21 heavy (non-hydrogen) atoms. The van der Waals surface area contributed by atoms with Gasteiger partial charge in [-0.05, 0) is 19.8 Å². The summed E-state index contributed by atoms with van der Waals surface area (Å²) in [5, 5.41) is 17.5. The molecule has 1 aliphatic heterocycles. The minimum Gasteiger partial charge on any atom is -0.374 e. The first-order valence-electron chi connectivity index (χ1n) is 7.21. The number of hydrogen-bond donors (Lipinski definition) is 1. The standard InChI is InChI=1S/C13H18N4O4/c1-8-12(17(19)20)11(15-14-8)13(18)16-6-7-21-10-5-3-2-4-9(10)16/h9-10H,2-7H2,1H3,(H,14,15)/t9-,10-/m1/s1. The molecule has 114 valence electrons.